The summed E-state index contributed by atoms with van der Waals surface area (Å²) in [5.41, 5.74) is 0.656. The lowest BCUT2D eigenvalue weighted by atomic mass is 10.0. The van der Waals surface area contributed by atoms with Crippen LogP contribution in [0.4, 0.5) is 0 Å². The first-order chi connectivity index (χ1) is 7.74. The zero-order valence-corrected chi connectivity index (χ0v) is 9.30. The number of carbonyl (C=O) groups excluding carboxylic acids is 2. The van der Waals surface area contributed by atoms with Gasteiger partial charge in [0.25, 0.3) is 5.91 Å². The van der Waals surface area contributed by atoms with Crippen molar-refractivity contribution in [3.63, 3.8) is 0 Å². The van der Waals surface area contributed by atoms with E-state index in [1.165, 1.54) is 0 Å². The molecule has 84 valence electrons. The first kappa shape index (κ1) is 10.9. The Morgan fingerprint density at radius 3 is 2.69 bits per heavy atom. The van der Waals surface area contributed by atoms with E-state index in [0.29, 0.717) is 12.1 Å². The van der Waals surface area contributed by atoms with Crippen molar-refractivity contribution in [1.82, 2.24) is 4.90 Å². The minimum atomic E-state index is -0.257. The molecule has 1 aliphatic heterocycles. The monoisotopic (exact) mass is 217 g/mol. The fraction of sp³-hybridized carbons (Fsp3) is 0.385. The Kier molecular flexibility index (Phi) is 3.04. The molecule has 0 aromatic heterocycles. The molecular weight excluding hydrogens is 202 g/mol. The predicted molar refractivity (Wildman–Crippen MR) is 61.1 cm³/mol. The molecule has 2 unspecified atom stereocenters. The van der Waals surface area contributed by atoms with E-state index in [1.54, 1.807) is 17.0 Å². The smallest absolute Gasteiger partial charge is 0.254 e. The lowest BCUT2D eigenvalue weighted by Crippen LogP contribution is -2.38. The van der Waals surface area contributed by atoms with Gasteiger partial charge in [0, 0.05) is 12.1 Å². The molecular formula is C13H15NO2. The predicted octanol–water partition coefficient (Wildman–Crippen LogP) is 1.74. The Morgan fingerprint density at radius 1 is 1.38 bits per heavy atom. The van der Waals surface area contributed by atoms with Gasteiger partial charge in [-0.1, -0.05) is 25.1 Å². The number of likely N-dealkylation sites (tertiary alicyclic amines) is 1. The van der Waals surface area contributed by atoms with Gasteiger partial charge in [0.2, 0.25) is 0 Å². The number of hydrogen-bond donors (Lipinski definition) is 0. The van der Waals surface area contributed by atoms with Gasteiger partial charge in [-0.2, -0.15) is 0 Å². The van der Waals surface area contributed by atoms with Gasteiger partial charge in [0.15, 0.2) is 0 Å². The maximum Gasteiger partial charge on any atom is 0.254 e. The number of carbonyl (C=O) groups is 2. The van der Waals surface area contributed by atoms with Crippen LogP contribution >= 0.6 is 0 Å². The third kappa shape index (κ3) is 1.85. The van der Waals surface area contributed by atoms with Crippen molar-refractivity contribution in [2.45, 2.75) is 19.4 Å². The molecule has 3 nitrogen and oxygen atoms in total. The second kappa shape index (κ2) is 4.47. The van der Waals surface area contributed by atoms with Crippen molar-refractivity contribution in [3.05, 3.63) is 35.9 Å². The van der Waals surface area contributed by atoms with Crippen LogP contribution in [0, 0.1) is 5.92 Å². The SMILES string of the molecule is CC1CCN(C(=O)c2ccccc2)C1C=O. The fourth-order valence-electron chi connectivity index (χ4n) is 2.16. The average Bonchev–Trinajstić information content (AvgIpc) is 2.70. The summed E-state index contributed by atoms with van der Waals surface area (Å²) in [4.78, 5) is 24.8. The van der Waals surface area contributed by atoms with E-state index >= 15 is 0 Å². The highest BCUT2D eigenvalue weighted by molar-refractivity contribution is 5.96. The molecule has 2 atom stereocenters. The van der Waals surface area contributed by atoms with Crippen LogP contribution < -0.4 is 0 Å². The largest absolute Gasteiger partial charge is 0.329 e. The molecule has 1 aromatic carbocycles. The summed E-state index contributed by atoms with van der Waals surface area (Å²) >= 11 is 0. The van der Waals surface area contributed by atoms with Gasteiger partial charge in [0.05, 0.1) is 6.04 Å². The highest BCUT2D eigenvalue weighted by Gasteiger charge is 2.34. The zero-order chi connectivity index (χ0) is 11.5. The molecule has 0 aliphatic carbocycles. The van der Waals surface area contributed by atoms with Gasteiger partial charge in [-0.25, -0.2) is 0 Å². The summed E-state index contributed by atoms with van der Waals surface area (Å²) in [5.74, 6) is 0.229. The second-order valence-electron chi connectivity index (χ2n) is 4.26. The third-order valence-corrected chi connectivity index (χ3v) is 3.19. The molecule has 16 heavy (non-hydrogen) atoms. The molecule has 1 aromatic rings. The molecule has 1 aliphatic rings. The van der Waals surface area contributed by atoms with Crippen molar-refractivity contribution in [2.24, 2.45) is 5.92 Å². The summed E-state index contributed by atoms with van der Waals surface area (Å²) in [6.45, 7) is 2.69. The van der Waals surface area contributed by atoms with Gasteiger partial charge in [-0.05, 0) is 24.5 Å². The molecule has 0 saturated carbocycles. The zero-order valence-electron chi connectivity index (χ0n) is 9.30. The number of rotatable bonds is 2. The Morgan fingerprint density at radius 2 is 2.06 bits per heavy atom. The average molecular weight is 217 g/mol. The number of hydrogen-bond acceptors (Lipinski definition) is 2. The van der Waals surface area contributed by atoms with Gasteiger partial charge in [-0.3, -0.25) is 4.79 Å². The second-order valence-corrected chi connectivity index (χ2v) is 4.26. The fourth-order valence-corrected chi connectivity index (χ4v) is 2.16. The van der Waals surface area contributed by atoms with E-state index in [0.717, 1.165) is 12.7 Å². The molecule has 2 rings (SSSR count). The summed E-state index contributed by atoms with van der Waals surface area (Å²) < 4.78 is 0. The van der Waals surface area contributed by atoms with Crippen LogP contribution in [0.25, 0.3) is 0 Å². The summed E-state index contributed by atoms with van der Waals surface area (Å²) in [6, 6.07) is 8.86. The Bertz CT molecular complexity index is 388. The molecule has 0 N–H and O–H groups in total. The summed E-state index contributed by atoms with van der Waals surface area (Å²) in [6.07, 6.45) is 1.79. The molecule has 0 radical (unpaired) electrons. The molecule has 1 fully saturated rings. The van der Waals surface area contributed by atoms with Crippen molar-refractivity contribution >= 4 is 12.2 Å². The first-order valence-electron chi connectivity index (χ1n) is 5.55. The van der Waals surface area contributed by atoms with E-state index in [-0.39, 0.29) is 17.9 Å². The number of benzene rings is 1. The maximum absolute atomic E-state index is 12.1. The molecule has 0 bridgehead atoms. The highest BCUT2D eigenvalue weighted by atomic mass is 16.2. The molecule has 1 amide bonds. The normalized spacial score (nSPS) is 24.4. The van der Waals surface area contributed by atoms with Crippen molar-refractivity contribution in [1.29, 1.82) is 0 Å². The molecule has 1 heterocycles. The van der Waals surface area contributed by atoms with Gasteiger partial charge in [-0.15, -0.1) is 0 Å². The number of nitrogens with zero attached hydrogens (tertiary/aromatic N) is 1. The summed E-state index contributed by atoms with van der Waals surface area (Å²) in [7, 11) is 0. The van der Waals surface area contributed by atoms with Gasteiger partial charge in [0.1, 0.15) is 6.29 Å². The topological polar surface area (TPSA) is 37.4 Å². The van der Waals surface area contributed by atoms with Crippen LogP contribution in [0.3, 0.4) is 0 Å². The lowest BCUT2D eigenvalue weighted by Gasteiger charge is -2.22. The van der Waals surface area contributed by atoms with E-state index < -0.39 is 0 Å². The quantitative estimate of drug-likeness (QED) is 0.707. The highest BCUT2D eigenvalue weighted by Crippen LogP contribution is 2.24. The Labute approximate surface area is 95.1 Å². The van der Waals surface area contributed by atoms with E-state index in [1.807, 2.05) is 25.1 Å². The first-order valence-corrected chi connectivity index (χ1v) is 5.55. The van der Waals surface area contributed by atoms with Crippen molar-refractivity contribution in [3.8, 4) is 0 Å². The van der Waals surface area contributed by atoms with Gasteiger partial charge < -0.3 is 9.69 Å². The van der Waals surface area contributed by atoms with Crippen molar-refractivity contribution < 1.29 is 9.59 Å². The van der Waals surface area contributed by atoms with Crippen LogP contribution in [0.1, 0.15) is 23.7 Å². The third-order valence-electron chi connectivity index (χ3n) is 3.19. The van der Waals surface area contributed by atoms with E-state index in [9.17, 15) is 9.59 Å². The standard InChI is InChI=1S/C13H15NO2/c1-10-7-8-14(12(10)9-15)13(16)11-5-3-2-4-6-11/h2-6,9-10,12H,7-8H2,1H3. The van der Waals surface area contributed by atoms with Gasteiger partial charge >= 0.3 is 0 Å². The lowest BCUT2D eigenvalue weighted by molar-refractivity contribution is -0.111. The van der Waals surface area contributed by atoms with E-state index in [4.69, 9.17) is 0 Å². The molecule has 3 heteroatoms. The Balaban J connectivity index is 2.20. The molecule has 1 saturated heterocycles. The van der Waals surface area contributed by atoms with Crippen LogP contribution in [0.2, 0.25) is 0 Å². The van der Waals surface area contributed by atoms with Crippen LogP contribution in [0.5, 0.6) is 0 Å². The summed E-state index contributed by atoms with van der Waals surface area (Å²) in [5, 5.41) is 0. The molecule has 0 spiro atoms. The maximum atomic E-state index is 12.1. The van der Waals surface area contributed by atoms with E-state index in [2.05, 4.69) is 0 Å². The number of amides is 1. The minimum Gasteiger partial charge on any atom is -0.329 e. The van der Waals surface area contributed by atoms with Crippen molar-refractivity contribution in [2.75, 3.05) is 6.54 Å². The van der Waals surface area contributed by atoms with Crippen LogP contribution in [0.15, 0.2) is 30.3 Å². The Hall–Kier alpha value is -1.64. The van der Waals surface area contributed by atoms with Crippen LogP contribution in [-0.2, 0) is 4.79 Å². The number of aldehydes is 1. The minimum absolute atomic E-state index is 0.0398. The van der Waals surface area contributed by atoms with Crippen LogP contribution in [-0.4, -0.2) is 29.7 Å².